The number of aliphatic hydroxyl groups is 2. The van der Waals surface area contributed by atoms with E-state index in [1.54, 1.807) is 22.6 Å². The quantitative estimate of drug-likeness (QED) is 0.254. The van der Waals surface area contributed by atoms with E-state index in [1.807, 2.05) is 0 Å². The molecule has 0 amide bonds. The first-order chi connectivity index (χ1) is 14.9. The maximum absolute atomic E-state index is 13.9. The second-order valence-corrected chi connectivity index (χ2v) is 9.34. The molecular formula is C17H18F2IN2O9P. The van der Waals surface area contributed by atoms with Gasteiger partial charge in [-0.25, -0.2) is 18.1 Å². The lowest BCUT2D eigenvalue weighted by Crippen LogP contribution is -2.44. The number of phosphoric ester groups is 1. The predicted molar refractivity (Wildman–Crippen MR) is 112 cm³/mol. The molecule has 15 heteroatoms. The smallest absolute Gasteiger partial charge is 0.387 e. The molecule has 0 saturated carbocycles. The number of hydrogen-bond acceptors (Lipinski definition) is 7. The first kappa shape index (κ1) is 25.1. The van der Waals surface area contributed by atoms with Gasteiger partial charge in [-0.2, -0.15) is 0 Å². The summed E-state index contributed by atoms with van der Waals surface area (Å²) in [5, 5.41) is 20.4. The first-order valence-electron chi connectivity index (χ1n) is 9.06. The van der Waals surface area contributed by atoms with Gasteiger partial charge in [0.2, 0.25) is 0 Å². The van der Waals surface area contributed by atoms with Crippen molar-refractivity contribution in [3.8, 4) is 0 Å². The highest BCUT2D eigenvalue weighted by Gasteiger charge is 2.45. The van der Waals surface area contributed by atoms with E-state index in [2.05, 4.69) is 4.52 Å². The van der Waals surface area contributed by atoms with Crippen LogP contribution in [-0.2, 0) is 26.8 Å². The molecule has 3 rings (SSSR count). The summed E-state index contributed by atoms with van der Waals surface area (Å²) in [6.45, 7) is -1.04. The van der Waals surface area contributed by atoms with Gasteiger partial charge in [-0.3, -0.25) is 18.5 Å². The van der Waals surface area contributed by atoms with Crippen molar-refractivity contribution in [2.24, 2.45) is 0 Å². The number of aryl methyl sites for hydroxylation is 1. The molecule has 0 unspecified atom stereocenters. The maximum Gasteiger partial charge on any atom is 0.469 e. The van der Waals surface area contributed by atoms with Crippen molar-refractivity contribution in [1.29, 1.82) is 0 Å². The Morgan fingerprint density at radius 1 is 1.19 bits per heavy atom. The molecule has 0 bridgehead atoms. The molecule has 4 N–H and O–H groups in total. The molecule has 176 valence electrons. The molecule has 2 aromatic rings. The lowest BCUT2D eigenvalue weighted by Gasteiger charge is -2.19. The zero-order chi connectivity index (χ0) is 23.8. The summed E-state index contributed by atoms with van der Waals surface area (Å²) in [6.07, 6.45) is -5.23. The van der Waals surface area contributed by atoms with E-state index < -0.39 is 61.9 Å². The Hall–Kier alpha value is -1.52. The maximum atomic E-state index is 13.9. The van der Waals surface area contributed by atoms with E-state index in [0.29, 0.717) is 6.07 Å². The minimum atomic E-state index is -4.88. The Labute approximate surface area is 192 Å². The fraction of sp³-hybridized carbons (Fsp3) is 0.412. The molecule has 2 heterocycles. The van der Waals surface area contributed by atoms with Gasteiger partial charge in [0.1, 0.15) is 29.9 Å². The van der Waals surface area contributed by atoms with E-state index in [9.17, 15) is 33.1 Å². The lowest BCUT2D eigenvalue weighted by atomic mass is 10.1. The zero-order valence-electron chi connectivity index (χ0n) is 16.0. The van der Waals surface area contributed by atoms with Crippen LogP contribution in [0.25, 0.3) is 0 Å². The summed E-state index contributed by atoms with van der Waals surface area (Å²) in [5.74, 6) is -1.61. The predicted octanol–water partition coefficient (Wildman–Crippen LogP) is -0.136. The average molecular weight is 590 g/mol. The molecule has 11 nitrogen and oxygen atoms in total. The Balaban J connectivity index is 1.88. The van der Waals surface area contributed by atoms with Crippen LogP contribution in [0.4, 0.5) is 8.78 Å². The van der Waals surface area contributed by atoms with Crippen LogP contribution in [-0.4, -0.2) is 54.1 Å². The van der Waals surface area contributed by atoms with Crippen molar-refractivity contribution >= 4 is 30.4 Å². The van der Waals surface area contributed by atoms with Crippen molar-refractivity contribution in [1.82, 2.24) is 9.13 Å². The number of rotatable bonds is 7. The highest BCUT2D eigenvalue weighted by atomic mass is 127. The number of nitrogens with zero attached hydrogens (tertiary/aromatic N) is 2. The van der Waals surface area contributed by atoms with Crippen molar-refractivity contribution in [2.45, 2.75) is 37.5 Å². The Morgan fingerprint density at radius 2 is 1.88 bits per heavy atom. The number of ether oxygens (including phenoxy) is 1. The zero-order valence-corrected chi connectivity index (χ0v) is 19.1. The third-order valence-corrected chi connectivity index (χ3v) is 6.02. The highest BCUT2D eigenvalue weighted by Crippen LogP contribution is 2.38. The van der Waals surface area contributed by atoms with Crippen LogP contribution in [0.3, 0.4) is 0 Å². The average Bonchev–Trinajstić information content (AvgIpc) is 2.98. The van der Waals surface area contributed by atoms with Gasteiger partial charge in [0.25, 0.3) is 5.56 Å². The van der Waals surface area contributed by atoms with Gasteiger partial charge in [0, 0.05) is 18.8 Å². The second kappa shape index (κ2) is 9.77. The number of benzene rings is 1. The van der Waals surface area contributed by atoms with Crippen molar-refractivity contribution in [3.63, 3.8) is 0 Å². The molecule has 0 radical (unpaired) electrons. The molecule has 1 aliphatic rings. The fourth-order valence-corrected chi connectivity index (χ4v) is 4.12. The number of halogens is 3. The minimum Gasteiger partial charge on any atom is -0.387 e. The number of hydrogen-bond donors (Lipinski definition) is 4. The molecule has 32 heavy (non-hydrogen) atoms. The Morgan fingerprint density at radius 3 is 2.50 bits per heavy atom. The van der Waals surface area contributed by atoms with Gasteiger partial charge in [0.05, 0.1) is 10.2 Å². The van der Waals surface area contributed by atoms with E-state index in [4.69, 9.17) is 14.5 Å². The van der Waals surface area contributed by atoms with Gasteiger partial charge < -0.3 is 24.7 Å². The van der Waals surface area contributed by atoms with Crippen LogP contribution < -0.4 is 11.2 Å². The SMILES string of the molecule is O=c1c(I)cn([C@@H]2O[C@H](COP(=O)(O)O)[C@H](O)[C@@H]2O)c(=O)n1CCc1ccc(F)cc1F. The van der Waals surface area contributed by atoms with Crippen LogP contribution in [0.15, 0.2) is 34.0 Å². The summed E-state index contributed by atoms with van der Waals surface area (Å²) in [4.78, 5) is 43.0. The summed E-state index contributed by atoms with van der Waals surface area (Å²) < 4.78 is 49.1. The minimum absolute atomic E-state index is 0.0435. The van der Waals surface area contributed by atoms with Gasteiger partial charge in [-0.05, 0) is 40.6 Å². The van der Waals surface area contributed by atoms with Crippen LogP contribution in [0.5, 0.6) is 0 Å². The van der Waals surface area contributed by atoms with Gasteiger partial charge in [-0.15, -0.1) is 0 Å². The van der Waals surface area contributed by atoms with E-state index >= 15 is 0 Å². The third kappa shape index (κ3) is 5.51. The number of aliphatic hydroxyl groups excluding tert-OH is 2. The van der Waals surface area contributed by atoms with Gasteiger partial charge in [0.15, 0.2) is 6.23 Å². The topological polar surface area (TPSA) is 160 Å². The lowest BCUT2D eigenvalue weighted by molar-refractivity contribution is -0.0550. The normalized spacial score (nSPS) is 23.6. The molecule has 0 aliphatic carbocycles. The summed E-state index contributed by atoms with van der Waals surface area (Å²) >= 11 is 1.64. The van der Waals surface area contributed by atoms with E-state index in [0.717, 1.165) is 21.4 Å². The second-order valence-electron chi connectivity index (χ2n) is 6.94. The Kier molecular flexibility index (Phi) is 7.66. The molecule has 1 aromatic carbocycles. The largest absolute Gasteiger partial charge is 0.469 e. The molecule has 4 atom stereocenters. The van der Waals surface area contributed by atoms with Crippen LogP contribution >= 0.6 is 30.4 Å². The molecule has 1 aliphatic heterocycles. The third-order valence-electron chi connectivity index (χ3n) is 4.79. The molecular weight excluding hydrogens is 572 g/mol. The summed E-state index contributed by atoms with van der Waals surface area (Å²) in [6, 6.07) is 2.90. The van der Waals surface area contributed by atoms with Crippen LogP contribution in [0, 0.1) is 15.2 Å². The van der Waals surface area contributed by atoms with Crippen LogP contribution in [0.1, 0.15) is 11.8 Å². The molecule has 1 fully saturated rings. The Bertz CT molecular complexity index is 1170. The first-order valence-corrected chi connectivity index (χ1v) is 11.7. The highest BCUT2D eigenvalue weighted by molar-refractivity contribution is 14.1. The molecule has 1 saturated heterocycles. The van der Waals surface area contributed by atoms with Crippen LogP contribution in [0.2, 0.25) is 0 Å². The number of aromatic nitrogens is 2. The van der Waals surface area contributed by atoms with E-state index in [1.165, 1.54) is 6.07 Å². The van der Waals surface area contributed by atoms with Crippen molar-refractivity contribution < 1.29 is 42.6 Å². The molecule has 1 aromatic heterocycles. The van der Waals surface area contributed by atoms with Gasteiger partial charge >= 0.3 is 13.5 Å². The monoisotopic (exact) mass is 590 g/mol. The standard InChI is InChI=1S/C17H18F2IN2O9P/c18-9-2-1-8(10(19)5-9)3-4-21-15(25)11(20)6-22(17(21)26)16-14(24)13(23)12(31-16)7-30-32(27,28)29/h1-2,5-6,12-14,16,23-24H,3-4,7H2,(H2,27,28,29)/t12-,13+,14+,16-/m1/s1. The van der Waals surface area contributed by atoms with E-state index in [-0.39, 0.29) is 22.1 Å². The van der Waals surface area contributed by atoms with Crippen molar-refractivity contribution in [2.75, 3.05) is 6.61 Å². The summed E-state index contributed by atoms with van der Waals surface area (Å²) in [5.41, 5.74) is -1.56. The van der Waals surface area contributed by atoms with Crippen molar-refractivity contribution in [3.05, 3.63) is 66.0 Å². The molecule has 0 spiro atoms. The van der Waals surface area contributed by atoms with Gasteiger partial charge in [-0.1, -0.05) is 6.07 Å². The fourth-order valence-electron chi connectivity index (χ4n) is 3.19. The number of phosphoric acid groups is 1. The summed E-state index contributed by atoms with van der Waals surface area (Å²) in [7, 11) is -4.88.